The van der Waals surface area contributed by atoms with Crippen molar-refractivity contribution < 1.29 is 9.72 Å². The number of anilines is 1. The summed E-state index contributed by atoms with van der Waals surface area (Å²) in [6, 6.07) is 12.0. The highest BCUT2D eigenvalue weighted by atomic mass is 32.1. The number of non-ortho nitro benzene ring substituents is 1. The monoisotopic (exact) mass is 339 g/mol. The van der Waals surface area contributed by atoms with Gasteiger partial charge in [-0.1, -0.05) is 29.5 Å². The number of nitro benzene ring substituents is 1. The summed E-state index contributed by atoms with van der Waals surface area (Å²) < 4.78 is 1.01. The molecule has 1 amide bonds. The van der Waals surface area contributed by atoms with E-state index in [4.69, 9.17) is 0 Å². The zero-order valence-electron chi connectivity index (χ0n) is 12.7. The van der Waals surface area contributed by atoms with Gasteiger partial charge in [-0.25, -0.2) is 4.98 Å². The lowest BCUT2D eigenvalue weighted by molar-refractivity contribution is -0.384. The number of thiazole rings is 1. The maximum atomic E-state index is 12.0. The SMILES string of the molecule is Cc1ccc2nc(NC(=O)C=Cc3cccc([N+](=O)[O-])c3)sc2c1. The number of rotatable bonds is 4. The molecule has 3 aromatic rings. The standard InChI is InChI=1S/C17H13N3O3S/c1-11-5-7-14-15(9-11)24-17(18-14)19-16(21)8-6-12-3-2-4-13(10-12)20(22)23/h2-10H,1H3,(H,18,19,21). The van der Waals surface area contributed by atoms with Gasteiger partial charge in [0.25, 0.3) is 5.69 Å². The molecule has 3 rings (SSSR count). The number of aromatic nitrogens is 1. The first-order valence-electron chi connectivity index (χ1n) is 7.12. The summed E-state index contributed by atoms with van der Waals surface area (Å²) in [7, 11) is 0. The Balaban J connectivity index is 1.72. The fourth-order valence-electron chi connectivity index (χ4n) is 2.15. The number of carbonyl (C=O) groups is 1. The zero-order valence-corrected chi connectivity index (χ0v) is 13.5. The predicted molar refractivity (Wildman–Crippen MR) is 95.1 cm³/mol. The second kappa shape index (κ2) is 6.59. The van der Waals surface area contributed by atoms with Gasteiger partial charge in [0.1, 0.15) is 0 Å². The molecule has 0 fully saturated rings. The lowest BCUT2D eigenvalue weighted by atomic mass is 10.2. The molecule has 0 atom stereocenters. The molecule has 0 bridgehead atoms. The van der Waals surface area contributed by atoms with Crippen LogP contribution in [-0.4, -0.2) is 15.8 Å². The summed E-state index contributed by atoms with van der Waals surface area (Å²) in [5.74, 6) is -0.336. The van der Waals surface area contributed by atoms with Crippen LogP contribution in [-0.2, 0) is 4.79 Å². The van der Waals surface area contributed by atoms with E-state index in [0.717, 1.165) is 15.8 Å². The Morgan fingerprint density at radius 3 is 2.92 bits per heavy atom. The summed E-state index contributed by atoms with van der Waals surface area (Å²) >= 11 is 1.40. The fourth-order valence-corrected chi connectivity index (χ4v) is 3.11. The molecular weight excluding hydrogens is 326 g/mol. The van der Waals surface area contributed by atoms with Gasteiger partial charge in [0, 0.05) is 18.2 Å². The van der Waals surface area contributed by atoms with Crippen molar-refractivity contribution in [3.63, 3.8) is 0 Å². The summed E-state index contributed by atoms with van der Waals surface area (Å²) in [5.41, 5.74) is 2.54. The molecule has 0 spiro atoms. The van der Waals surface area contributed by atoms with E-state index in [1.807, 2.05) is 25.1 Å². The Labute approximate surface area is 141 Å². The highest BCUT2D eigenvalue weighted by Crippen LogP contribution is 2.26. The number of hydrogen-bond acceptors (Lipinski definition) is 5. The van der Waals surface area contributed by atoms with Gasteiger partial charge in [-0.3, -0.25) is 20.2 Å². The second-order valence-electron chi connectivity index (χ2n) is 5.16. The van der Waals surface area contributed by atoms with Crippen LogP contribution < -0.4 is 5.32 Å². The third-order valence-corrected chi connectivity index (χ3v) is 4.22. The van der Waals surface area contributed by atoms with E-state index in [9.17, 15) is 14.9 Å². The molecule has 0 saturated heterocycles. The average molecular weight is 339 g/mol. The number of fused-ring (bicyclic) bond motifs is 1. The van der Waals surface area contributed by atoms with Crippen LogP contribution in [0.4, 0.5) is 10.8 Å². The van der Waals surface area contributed by atoms with Crippen molar-refractivity contribution >= 4 is 44.4 Å². The first-order chi connectivity index (χ1) is 11.5. The van der Waals surface area contributed by atoms with Gasteiger partial charge >= 0.3 is 0 Å². The number of nitrogens with one attached hydrogen (secondary N) is 1. The minimum atomic E-state index is -0.472. The molecule has 24 heavy (non-hydrogen) atoms. The minimum Gasteiger partial charge on any atom is -0.298 e. The molecule has 7 heteroatoms. The number of benzene rings is 2. The van der Waals surface area contributed by atoms with Crippen molar-refractivity contribution in [1.82, 2.24) is 4.98 Å². The molecule has 0 unspecified atom stereocenters. The Bertz CT molecular complexity index is 963. The highest BCUT2D eigenvalue weighted by Gasteiger charge is 2.07. The molecule has 0 aliphatic heterocycles. The number of amides is 1. The van der Waals surface area contributed by atoms with E-state index in [-0.39, 0.29) is 11.6 Å². The van der Waals surface area contributed by atoms with E-state index >= 15 is 0 Å². The first kappa shape index (κ1) is 15.8. The van der Waals surface area contributed by atoms with Gasteiger partial charge in [-0.15, -0.1) is 0 Å². The molecule has 0 aliphatic carbocycles. The van der Waals surface area contributed by atoms with Gasteiger partial charge in [0.05, 0.1) is 15.1 Å². The first-order valence-corrected chi connectivity index (χ1v) is 7.93. The van der Waals surface area contributed by atoms with Crippen LogP contribution in [0.25, 0.3) is 16.3 Å². The van der Waals surface area contributed by atoms with E-state index in [0.29, 0.717) is 10.7 Å². The van der Waals surface area contributed by atoms with Crippen molar-refractivity contribution in [3.05, 3.63) is 69.8 Å². The highest BCUT2D eigenvalue weighted by molar-refractivity contribution is 7.22. The van der Waals surface area contributed by atoms with Crippen LogP contribution in [0, 0.1) is 17.0 Å². The van der Waals surface area contributed by atoms with Crippen LogP contribution in [0.3, 0.4) is 0 Å². The van der Waals surface area contributed by atoms with Gasteiger partial charge in [0.15, 0.2) is 5.13 Å². The summed E-state index contributed by atoms with van der Waals surface area (Å²) in [6.45, 7) is 2.00. The normalized spacial score (nSPS) is 11.0. The Kier molecular flexibility index (Phi) is 4.35. The number of hydrogen-bond donors (Lipinski definition) is 1. The van der Waals surface area contributed by atoms with Gasteiger partial charge in [0.2, 0.25) is 5.91 Å². The van der Waals surface area contributed by atoms with Crippen LogP contribution in [0.1, 0.15) is 11.1 Å². The van der Waals surface area contributed by atoms with Crippen molar-refractivity contribution in [2.24, 2.45) is 0 Å². The smallest absolute Gasteiger partial charge is 0.270 e. The van der Waals surface area contributed by atoms with Gasteiger partial charge < -0.3 is 0 Å². The van der Waals surface area contributed by atoms with Gasteiger partial charge in [-0.2, -0.15) is 0 Å². The maximum absolute atomic E-state index is 12.0. The van der Waals surface area contributed by atoms with Crippen LogP contribution in [0.15, 0.2) is 48.5 Å². The number of nitro groups is 1. The third-order valence-electron chi connectivity index (χ3n) is 3.28. The van der Waals surface area contributed by atoms with E-state index in [1.165, 1.54) is 35.6 Å². The van der Waals surface area contributed by atoms with Crippen molar-refractivity contribution in [2.45, 2.75) is 6.92 Å². The molecule has 1 N–H and O–H groups in total. The predicted octanol–water partition coefficient (Wildman–Crippen LogP) is 4.16. The van der Waals surface area contributed by atoms with Crippen molar-refractivity contribution in [2.75, 3.05) is 5.32 Å². The Morgan fingerprint density at radius 2 is 2.12 bits per heavy atom. The number of aryl methyl sites for hydroxylation is 1. The zero-order chi connectivity index (χ0) is 17.1. The molecule has 1 aromatic heterocycles. The van der Waals surface area contributed by atoms with E-state index in [1.54, 1.807) is 12.1 Å². The number of carbonyl (C=O) groups excluding carboxylic acids is 1. The Hall–Kier alpha value is -3.06. The molecule has 2 aromatic carbocycles. The molecule has 1 heterocycles. The summed E-state index contributed by atoms with van der Waals surface area (Å²) in [5, 5.41) is 14.0. The van der Waals surface area contributed by atoms with E-state index in [2.05, 4.69) is 10.3 Å². The average Bonchev–Trinajstić information content (AvgIpc) is 2.94. The quantitative estimate of drug-likeness (QED) is 0.439. The van der Waals surface area contributed by atoms with Crippen molar-refractivity contribution in [3.8, 4) is 0 Å². The number of nitrogens with zero attached hydrogens (tertiary/aromatic N) is 2. The lowest BCUT2D eigenvalue weighted by Crippen LogP contribution is -2.07. The molecule has 6 nitrogen and oxygen atoms in total. The molecule has 120 valence electrons. The molecular formula is C17H13N3O3S. The van der Waals surface area contributed by atoms with Crippen LogP contribution in [0.2, 0.25) is 0 Å². The third kappa shape index (κ3) is 3.64. The Morgan fingerprint density at radius 1 is 1.29 bits per heavy atom. The van der Waals surface area contributed by atoms with E-state index < -0.39 is 4.92 Å². The maximum Gasteiger partial charge on any atom is 0.270 e. The molecule has 0 radical (unpaired) electrons. The minimum absolute atomic E-state index is 0.0147. The largest absolute Gasteiger partial charge is 0.298 e. The second-order valence-corrected chi connectivity index (χ2v) is 6.20. The summed E-state index contributed by atoms with van der Waals surface area (Å²) in [6.07, 6.45) is 2.86. The molecule has 0 saturated carbocycles. The van der Waals surface area contributed by atoms with Crippen LogP contribution >= 0.6 is 11.3 Å². The summed E-state index contributed by atoms with van der Waals surface area (Å²) in [4.78, 5) is 26.6. The topological polar surface area (TPSA) is 85.1 Å². The van der Waals surface area contributed by atoms with Crippen LogP contribution in [0.5, 0.6) is 0 Å². The molecule has 0 aliphatic rings. The van der Waals surface area contributed by atoms with Crippen molar-refractivity contribution in [1.29, 1.82) is 0 Å². The fraction of sp³-hybridized carbons (Fsp3) is 0.0588. The van der Waals surface area contributed by atoms with Gasteiger partial charge in [-0.05, 0) is 36.3 Å². The lowest BCUT2D eigenvalue weighted by Gasteiger charge is -1.96.